The summed E-state index contributed by atoms with van der Waals surface area (Å²) in [6.07, 6.45) is 1.82. The maximum Gasteiger partial charge on any atom is 0.317 e. The fraction of sp³-hybridized carbons (Fsp3) is 0.357. The van der Waals surface area contributed by atoms with E-state index < -0.39 is 0 Å². The number of aromatic nitrogens is 1. The summed E-state index contributed by atoms with van der Waals surface area (Å²) in [6, 6.07) is 8.40. The van der Waals surface area contributed by atoms with Gasteiger partial charge in [0.15, 0.2) is 0 Å². The molecule has 1 aromatic carbocycles. The van der Waals surface area contributed by atoms with E-state index in [-0.39, 0.29) is 6.03 Å². The number of amides is 2. The Balaban J connectivity index is 1.93. The molecule has 1 aliphatic heterocycles. The van der Waals surface area contributed by atoms with E-state index in [0.717, 1.165) is 25.9 Å². The maximum atomic E-state index is 11.7. The van der Waals surface area contributed by atoms with E-state index in [1.165, 1.54) is 22.2 Å². The zero-order valence-corrected chi connectivity index (χ0v) is 10.5. The molecule has 0 radical (unpaired) electrons. The number of urea groups is 1. The predicted octanol–water partition coefficient (Wildman–Crippen LogP) is 1.91. The minimum Gasteiger partial charge on any atom is -0.358 e. The van der Waals surface area contributed by atoms with E-state index in [9.17, 15) is 4.79 Å². The Morgan fingerprint density at radius 2 is 2.06 bits per heavy atom. The van der Waals surface area contributed by atoms with Crippen LogP contribution in [-0.4, -0.2) is 36.1 Å². The quantitative estimate of drug-likeness (QED) is 0.729. The fourth-order valence-electron chi connectivity index (χ4n) is 2.72. The third-order valence-corrected chi connectivity index (χ3v) is 3.67. The van der Waals surface area contributed by atoms with Gasteiger partial charge in [0.25, 0.3) is 0 Å². The van der Waals surface area contributed by atoms with Gasteiger partial charge in [-0.1, -0.05) is 18.2 Å². The van der Waals surface area contributed by atoms with Crippen LogP contribution in [0, 0.1) is 0 Å². The Kier molecular flexibility index (Phi) is 2.70. The van der Waals surface area contributed by atoms with E-state index in [4.69, 9.17) is 0 Å². The number of benzene rings is 1. The molecular weight excluding hydrogens is 226 g/mol. The lowest BCUT2D eigenvalue weighted by molar-refractivity contribution is 0.202. The Morgan fingerprint density at radius 1 is 1.28 bits per heavy atom. The lowest BCUT2D eigenvalue weighted by Crippen LogP contribution is -2.39. The summed E-state index contributed by atoms with van der Waals surface area (Å²) in [7, 11) is 1.68. The molecular formula is C14H17N3O. The van der Waals surface area contributed by atoms with E-state index >= 15 is 0 Å². The molecule has 1 aromatic heterocycles. The van der Waals surface area contributed by atoms with Gasteiger partial charge in [0, 0.05) is 43.2 Å². The Hall–Kier alpha value is -1.97. The van der Waals surface area contributed by atoms with Crippen molar-refractivity contribution in [2.45, 2.75) is 12.8 Å². The van der Waals surface area contributed by atoms with E-state index in [0.29, 0.717) is 0 Å². The molecule has 0 fully saturated rings. The van der Waals surface area contributed by atoms with Crippen LogP contribution in [-0.2, 0) is 12.8 Å². The molecule has 0 spiro atoms. The summed E-state index contributed by atoms with van der Waals surface area (Å²) in [4.78, 5) is 17.0. The number of hydrogen-bond acceptors (Lipinski definition) is 1. The Labute approximate surface area is 106 Å². The third-order valence-electron chi connectivity index (χ3n) is 3.67. The van der Waals surface area contributed by atoms with Gasteiger partial charge in [-0.15, -0.1) is 0 Å². The summed E-state index contributed by atoms with van der Waals surface area (Å²) in [6.45, 7) is 1.56. The summed E-state index contributed by atoms with van der Waals surface area (Å²) in [5, 5.41) is 3.99. The van der Waals surface area contributed by atoms with Crippen LogP contribution in [0.2, 0.25) is 0 Å². The number of rotatable bonds is 0. The molecule has 0 bridgehead atoms. The van der Waals surface area contributed by atoms with Crippen LogP contribution < -0.4 is 5.32 Å². The molecule has 0 atom stereocenters. The number of fused-ring (bicyclic) bond motifs is 3. The highest BCUT2D eigenvalue weighted by atomic mass is 16.2. The molecule has 4 heteroatoms. The molecule has 0 saturated heterocycles. The molecule has 18 heavy (non-hydrogen) atoms. The Bertz CT molecular complexity index is 588. The van der Waals surface area contributed by atoms with Crippen LogP contribution in [0.5, 0.6) is 0 Å². The van der Waals surface area contributed by atoms with Crippen molar-refractivity contribution in [3.05, 3.63) is 35.5 Å². The SMILES string of the molecule is CNC(=O)N1CCc2[nH]c3ccccc3c2CC1. The fourth-order valence-corrected chi connectivity index (χ4v) is 2.72. The van der Waals surface area contributed by atoms with Crippen molar-refractivity contribution < 1.29 is 4.79 Å². The number of carbonyl (C=O) groups is 1. The first-order valence-corrected chi connectivity index (χ1v) is 6.34. The summed E-state index contributed by atoms with van der Waals surface area (Å²) in [5.41, 5.74) is 3.86. The van der Waals surface area contributed by atoms with Crippen molar-refractivity contribution in [1.82, 2.24) is 15.2 Å². The zero-order chi connectivity index (χ0) is 12.5. The molecule has 2 amide bonds. The molecule has 3 rings (SSSR count). The molecule has 0 unspecified atom stereocenters. The second kappa shape index (κ2) is 4.37. The second-order valence-corrected chi connectivity index (χ2v) is 4.67. The van der Waals surface area contributed by atoms with Crippen LogP contribution in [0.1, 0.15) is 11.3 Å². The zero-order valence-electron chi connectivity index (χ0n) is 10.5. The van der Waals surface area contributed by atoms with Crippen LogP contribution in [0.15, 0.2) is 24.3 Å². The van der Waals surface area contributed by atoms with Gasteiger partial charge in [-0.2, -0.15) is 0 Å². The number of H-pyrrole nitrogens is 1. The van der Waals surface area contributed by atoms with E-state index in [2.05, 4.69) is 34.6 Å². The normalized spacial score (nSPS) is 15.3. The van der Waals surface area contributed by atoms with Gasteiger partial charge in [-0.3, -0.25) is 0 Å². The van der Waals surface area contributed by atoms with Gasteiger partial charge in [0.1, 0.15) is 0 Å². The van der Waals surface area contributed by atoms with Gasteiger partial charge >= 0.3 is 6.03 Å². The van der Waals surface area contributed by atoms with Crippen LogP contribution in [0.25, 0.3) is 10.9 Å². The lowest BCUT2D eigenvalue weighted by Gasteiger charge is -2.19. The van der Waals surface area contributed by atoms with Crippen molar-refractivity contribution in [2.24, 2.45) is 0 Å². The van der Waals surface area contributed by atoms with Crippen LogP contribution in [0.4, 0.5) is 4.79 Å². The van der Waals surface area contributed by atoms with E-state index in [1.807, 2.05) is 4.90 Å². The first kappa shape index (κ1) is 11.1. The van der Waals surface area contributed by atoms with Crippen LogP contribution >= 0.6 is 0 Å². The number of aromatic amines is 1. The van der Waals surface area contributed by atoms with Gasteiger partial charge in [-0.05, 0) is 18.1 Å². The highest BCUT2D eigenvalue weighted by molar-refractivity contribution is 5.85. The first-order chi connectivity index (χ1) is 8.79. The molecule has 2 heterocycles. The molecule has 0 saturated carbocycles. The summed E-state index contributed by atoms with van der Waals surface area (Å²) in [5.74, 6) is 0. The van der Waals surface area contributed by atoms with Gasteiger partial charge in [0.2, 0.25) is 0 Å². The number of nitrogens with one attached hydrogen (secondary N) is 2. The summed E-state index contributed by atoms with van der Waals surface area (Å²) < 4.78 is 0. The topological polar surface area (TPSA) is 48.1 Å². The molecule has 4 nitrogen and oxygen atoms in total. The number of nitrogens with zero attached hydrogens (tertiary/aromatic N) is 1. The third kappa shape index (κ3) is 1.74. The minimum atomic E-state index is 0.0180. The summed E-state index contributed by atoms with van der Waals surface area (Å²) >= 11 is 0. The van der Waals surface area contributed by atoms with Crippen molar-refractivity contribution >= 4 is 16.9 Å². The first-order valence-electron chi connectivity index (χ1n) is 6.34. The largest absolute Gasteiger partial charge is 0.358 e. The average molecular weight is 243 g/mol. The van der Waals surface area contributed by atoms with Gasteiger partial charge in [-0.25, -0.2) is 4.79 Å². The predicted molar refractivity (Wildman–Crippen MR) is 71.7 cm³/mol. The van der Waals surface area contributed by atoms with Crippen molar-refractivity contribution in [1.29, 1.82) is 0 Å². The highest BCUT2D eigenvalue weighted by Crippen LogP contribution is 2.25. The molecule has 2 aromatic rings. The number of para-hydroxylation sites is 1. The maximum absolute atomic E-state index is 11.7. The molecule has 2 N–H and O–H groups in total. The van der Waals surface area contributed by atoms with Crippen molar-refractivity contribution in [3.8, 4) is 0 Å². The molecule has 94 valence electrons. The highest BCUT2D eigenvalue weighted by Gasteiger charge is 2.20. The number of carbonyl (C=O) groups excluding carboxylic acids is 1. The lowest BCUT2D eigenvalue weighted by atomic mass is 10.1. The molecule has 1 aliphatic rings. The Morgan fingerprint density at radius 3 is 2.89 bits per heavy atom. The minimum absolute atomic E-state index is 0.0180. The smallest absolute Gasteiger partial charge is 0.317 e. The van der Waals surface area contributed by atoms with E-state index in [1.54, 1.807) is 7.05 Å². The average Bonchev–Trinajstić information content (AvgIpc) is 2.63. The van der Waals surface area contributed by atoms with Gasteiger partial charge in [0.05, 0.1) is 0 Å². The monoisotopic (exact) mass is 243 g/mol. The van der Waals surface area contributed by atoms with Gasteiger partial charge < -0.3 is 15.2 Å². The number of hydrogen-bond donors (Lipinski definition) is 2. The second-order valence-electron chi connectivity index (χ2n) is 4.67. The van der Waals surface area contributed by atoms with Crippen molar-refractivity contribution in [2.75, 3.05) is 20.1 Å². The van der Waals surface area contributed by atoms with Crippen LogP contribution in [0.3, 0.4) is 0 Å². The molecule has 0 aliphatic carbocycles. The standard InChI is InChI=1S/C14H17N3O/c1-15-14(18)17-8-6-11-10-4-2-3-5-12(10)16-13(11)7-9-17/h2-5,16H,6-9H2,1H3,(H,15,18). The van der Waals surface area contributed by atoms with Crippen molar-refractivity contribution in [3.63, 3.8) is 0 Å².